The SMILES string of the molecule is Fc1ccc(Oc2ccnc(NC(CN3CCOCC3)c3ccccc3)n2)cc1. The van der Waals surface area contributed by atoms with Crippen molar-refractivity contribution < 1.29 is 13.9 Å². The fourth-order valence-electron chi connectivity index (χ4n) is 3.21. The van der Waals surface area contributed by atoms with Crippen LogP contribution < -0.4 is 10.1 Å². The predicted octanol–water partition coefficient (Wildman–Crippen LogP) is 3.89. The van der Waals surface area contributed by atoms with Crippen molar-refractivity contribution in [3.8, 4) is 11.6 Å². The number of nitrogens with one attached hydrogen (secondary N) is 1. The number of hydrogen-bond acceptors (Lipinski definition) is 6. The number of halogens is 1. The molecule has 1 aliphatic heterocycles. The van der Waals surface area contributed by atoms with E-state index in [1.807, 2.05) is 18.2 Å². The molecule has 7 heteroatoms. The summed E-state index contributed by atoms with van der Waals surface area (Å²) in [5.41, 5.74) is 1.16. The highest BCUT2D eigenvalue weighted by Crippen LogP contribution is 2.23. The molecule has 0 spiro atoms. The van der Waals surface area contributed by atoms with Crippen molar-refractivity contribution in [1.29, 1.82) is 0 Å². The average Bonchev–Trinajstić information content (AvgIpc) is 2.77. The predicted molar refractivity (Wildman–Crippen MR) is 109 cm³/mol. The van der Waals surface area contributed by atoms with E-state index in [1.165, 1.54) is 12.1 Å². The van der Waals surface area contributed by atoms with Gasteiger partial charge in [-0.2, -0.15) is 4.98 Å². The molecule has 1 aliphatic rings. The first-order valence-corrected chi connectivity index (χ1v) is 9.64. The van der Waals surface area contributed by atoms with Crippen LogP contribution in [-0.4, -0.2) is 47.7 Å². The van der Waals surface area contributed by atoms with Crippen LogP contribution in [0, 0.1) is 5.82 Å². The molecular weight excluding hydrogens is 371 g/mol. The second-order valence-electron chi connectivity index (χ2n) is 6.80. The fourth-order valence-corrected chi connectivity index (χ4v) is 3.21. The maximum atomic E-state index is 13.1. The van der Waals surface area contributed by atoms with Crippen LogP contribution in [0.15, 0.2) is 66.9 Å². The van der Waals surface area contributed by atoms with E-state index in [0.717, 1.165) is 38.4 Å². The Kier molecular flexibility index (Phi) is 6.29. The smallest absolute Gasteiger partial charge is 0.226 e. The summed E-state index contributed by atoms with van der Waals surface area (Å²) < 4.78 is 24.3. The molecule has 0 saturated carbocycles. The molecule has 4 rings (SSSR count). The summed E-state index contributed by atoms with van der Waals surface area (Å²) in [5, 5.41) is 3.43. The van der Waals surface area contributed by atoms with Crippen LogP contribution in [0.4, 0.5) is 10.3 Å². The van der Waals surface area contributed by atoms with Crippen LogP contribution in [0.5, 0.6) is 11.6 Å². The summed E-state index contributed by atoms with van der Waals surface area (Å²) in [7, 11) is 0. The first-order chi connectivity index (χ1) is 14.3. The van der Waals surface area contributed by atoms with E-state index in [4.69, 9.17) is 9.47 Å². The number of morpholine rings is 1. The zero-order valence-corrected chi connectivity index (χ0v) is 16.0. The molecular formula is C22H23FN4O2. The molecule has 3 aromatic rings. The van der Waals surface area contributed by atoms with Crippen molar-refractivity contribution in [2.24, 2.45) is 0 Å². The quantitative estimate of drug-likeness (QED) is 0.656. The molecule has 1 saturated heterocycles. The van der Waals surface area contributed by atoms with Gasteiger partial charge >= 0.3 is 0 Å². The van der Waals surface area contributed by atoms with Gasteiger partial charge in [0.15, 0.2) is 0 Å². The Morgan fingerprint density at radius 2 is 1.79 bits per heavy atom. The van der Waals surface area contributed by atoms with Crippen molar-refractivity contribution in [3.63, 3.8) is 0 Å². The number of aromatic nitrogens is 2. The van der Waals surface area contributed by atoms with Gasteiger partial charge in [0.2, 0.25) is 11.8 Å². The highest BCUT2D eigenvalue weighted by Gasteiger charge is 2.19. The zero-order chi connectivity index (χ0) is 19.9. The molecule has 2 aromatic carbocycles. The van der Waals surface area contributed by atoms with Gasteiger partial charge < -0.3 is 14.8 Å². The molecule has 150 valence electrons. The summed E-state index contributed by atoms with van der Waals surface area (Å²) in [5.74, 6) is 1.08. The number of rotatable bonds is 7. The molecule has 6 nitrogen and oxygen atoms in total. The van der Waals surface area contributed by atoms with Gasteiger partial charge in [-0.05, 0) is 29.8 Å². The van der Waals surface area contributed by atoms with Crippen LogP contribution in [0.1, 0.15) is 11.6 Å². The molecule has 1 fully saturated rings. The molecule has 0 amide bonds. The molecule has 0 aliphatic carbocycles. The first-order valence-electron chi connectivity index (χ1n) is 9.64. The zero-order valence-electron chi connectivity index (χ0n) is 16.0. The third-order valence-electron chi connectivity index (χ3n) is 4.72. The molecule has 1 aromatic heterocycles. The third kappa shape index (κ3) is 5.49. The highest BCUT2D eigenvalue weighted by molar-refractivity contribution is 5.35. The largest absolute Gasteiger partial charge is 0.439 e. The monoisotopic (exact) mass is 394 g/mol. The van der Waals surface area contributed by atoms with Gasteiger partial charge in [0.25, 0.3) is 0 Å². The molecule has 29 heavy (non-hydrogen) atoms. The van der Waals surface area contributed by atoms with Crippen molar-refractivity contribution in [2.45, 2.75) is 6.04 Å². The lowest BCUT2D eigenvalue weighted by molar-refractivity contribution is 0.0360. The highest BCUT2D eigenvalue weighted by atomic mass is 19.1. The Morgan fingerprint density at radius 3 is 2.55 bits per heavy atom. The van der Waals surface area contributed by atoms with Crippen molar-refractivity contribution in [3.05, 3.63) is 78.2 Å². The Hall–Kier alpha value is -3.03. The van der Waals surface area contributed by atoms with Gasteiger partial charge in [-0.3, -0.25) is 4.90 Å². The van der Waals surface area contributed by atoms with Crippen molar-refractivity contribution >= 4 is 5.95 Å². The van der Waals surface area contributed by atoms with Crippen LogP contribution in [0.25, 0.3) is 0 Å². The lowest BCUT2D eigenvalue weighted by Crippen LogP contribution is -2.40. The van der Waals surface area contributed by atoms with Crippen LogP contribution >= 0.6 is 0 Å². The average molecular weight is 394 g/mol. The number of benzene rings is 2. The van der Waals surface area contributed by atoms with Crippen molar-refractivity contribution in [2.75, 3.05) is 38.2 Å². The van der Waals surface area contributed by atoms with E-state index in [-0.39, 0.29) is 11.9 Å². The molecule has 0 radical (unpaired) electrons. The van der Waals surface area contributed by atoms with E-state index in [2.05, 4.69) is 32.3 Å². The van der Waals surface area contributed by atoms with E-state index in [9.17, 15) is 4.39 Å². The second kappa shape index (κ2) is 9.45. The molecule has 1 atom stereocenters. The molecule has 2 heterocycles. The maximum absolute atomic E-state index is 13.1. The first kappa shape index (κ1) is 19.3. The summed E-state index contributed by atoms with van der Waals surface area (Å²) in [6.45, 7) is 4.12. The van der Waals surface area contributed by atoms with Crippen molar-refractivity contribution in [1.82, 2.24) is 14.9 Å². The van der Waals surface area contributed by atoms with Crippen LogP contribution in [-0.2, 0) is 4.74 Å². The van der Waals surface area contributed by atoms with Gasteiger partial charge in [0.05, 0.1) is 19.3 Å². The summed E-state index contributed by atoms with van der Waals surface area (Å²) >= 11 is 0. The minimum absolute atomic E-state index is 0.0235. The summed E-state index contributed by atoms with van der Waals surface area (Å²) in [6, 6.07) is 17.8. The maximum Gasteiger partial charge on any atom is 0.226 e. The minimum Gasteiger partial charge on any atom is -0.439 e. The van der Waals surface area contributed by atoms with Gasteiger partial charge in [-0.25, -0.2) is 9.37 Å². The lowest BCUT2D eigenvalue weighted by atomic mass is 10.1. The summed E-state index contributed by atoms with van der Waals surface area (Å²) in [4.78, 5) is 11.2. The summed E-state index contributed by atoms with van der Waals surface area (Å²) in [6.07, 6.45) is 1.64. The second-order valence-corrected chi connectivity index (χ2v) is 6.80. The Labute approximate surface area is 169 Å². The van der Waals surface area contributed by atoms with Gasteiger partial charge in [0, 0.05) is 31.9 Å². The van der Waals surface area contributed by atoms with E-state index < -0.39 is 0 Å². The van der Waals surface area contributed by atoms with Crippen LogP contribution in [0.2, 0.25) is 0 Å². The Morgan fingerprint density at radius 1 is 1.03 bits per heavy atom. The van der Waals surface area contributed by atoms with Gasteiger partial charge in [0.1, 0.15) is 11.6 Å². The Balaban J connectivity index is 1.49. The third-order valence-corrected chi connectivity index (χ3v) is 4.72. The van der Waals surface area contributed by atoms with E-state index in [1.54, 1.807) is 24.4 Å². The lowest BCUT2D eigenvalue weighted by Gasteiger charge is -2.31. The number of hydrogen-bond donors (Lipinski definition) is 1. The normalized spacial score (nSPS) is 15.6. The number of anilines is 1. The minimum atomic E-state index is -0.309. The van der Waals surface area contributed by atoms with Gasteiger partial charge in [-0.1, -0.05) is 30.3 Å². The molecule has 1 N–H and O–H groups in total. The van der Waals surface area contributed by atoms with E-state index >= 15 is 0 Å². The molecule has 0 bridgehead atoms. The topological polar surface area (TPSA) is 59.5 Å². The van der Waals surface area contributed by atoms with Gasteiger partial charge in [-0.15, -0.1) is 0 Å². The fraction of sp³-hybridized carbons (Fsp3) is 0.273. The van der Waals surface area contributed by atoms with E-state index in [0.29, 0.717) is 17.6 Å². The number of nitrogens with zero attached hydrogens (tertiary/aromatic N) is 3. The van der Waals surface area contributed by atoms with Crippen LogP contribution in [0.3, 0.4) is 0 Å². The molecule has 1 unspecified atom stereocenters. The number of ether oxygens (including phenoxy) is 2. The standard InChI is InChI=1S/C22H23FN4O2/c23-18-6-8-19(9-7-18)29-21-10-11-24-22(26-21)25-20(17-4-2-1-3-5-17)16-27-12-14-28-15-13-27/h1-11,20H,12-16H2,(H,24,25,26). The Bertz CT molecular complexity index is 902.